The van der Waals surface area contributed by atoms with Gasteiger partial charge in [-0.3, -0.25) is 0 Å². The summed E-state index contributed by atoms with van der Waals surface area (Å²) in [6.45, 7) is 6.69. The van der Waals surface area contributed by atoms with Crippen molar-refractivity contribution in [2.24, 2.45) is 5.73 Å². The molecule has 2 atom stereocenters. The van der Waals surface area contributed by atoms with E-state index < -0.39 is 0 Å². The van der Waals surface area contributed by atoms with Gasteiger partial charge in [-0.15, -0.1) is 0 Å². The van der Waals surface area contributed by atoms with E-state index in [0.29, 0.717) is 0 Å². The Bertz CT molecular complexity index is 404. The highest BCUT2D eigenvalue weighted by Crippen LogP contribution is 2.26. The molecule has 2 rings (SSSR count). The Kier molecular flexibility index (Phi) is 5.09. The van der Waals surface area contributed by atoms with E-state index in [2.05, 4.69) is 45.0 Å². The standard InChI is InChI=1S/C18H29NO/c1-18(2,3)14-10-12-15(13-11-14)20-17-9-7-5-4-6-8-16(17)19/h10-13,16-17H,4-9,19H2,1-3H3. The van der Waals surface area contributed by atoms with Gasteiger partial charge in [0.2, 0.25) is 0 Å². The number of rotatable bonds is 2. The molecule has 1 aromatic carbocycles. The van der Waals surface area contributed by atoms with Crippen molar-refractivity contribution in [2.45, 2.75) is 76.9 Å². The second-order valence-corrected chi connectivity index (χ2v) is 7.09. The zero-order valence-corrected chi connectivity index (χ0v) is 13.2. The van der Waals surface area contributed by atoms with E-state index in [0.717, 1.165) is 18.6 Å². The Labute approximate surface area is 123 Å². The normalized spacial score (nSPS) is 24.8. The van der Waals surface area contributed by atoms with Crippen LogP contribution >= 0.6 is 0 Å². The molecular formula is C18H29NO. The molecule has 0 heterocycles. The summed E-state index contributed by atoms with van der Waals surface area (Å²) in [6.07, 6.45) is 7.46. The highest BCUT2D eigenvalue weighted by atomic mass is 16.5. The smallest absolute Gasteiger partial charge is 0.119 e. The van der Waals surface area contributed by atoms with Gasteiger partial charge in [0.15, 0.2) is 0 Å². The van der Waals surface area contributed by atoms with Gasteiger partial charge in [-0.2, -0.15) is 0 Å². The fourth-order valence-electron chi connectivity index (χ4n) is 2.83. The van der Waals surface area contributed by atoms with Crippen molar-refractivity contribution in [3.8, 4) is 5.75 Å². The summed E-state index contributed by atoms with van der Waals surface area (Å²) in [7, 11) is 0. The molecule has 2 heteroatoms. The highest BCUT2D eigenvalue weighted by molar-refractivity contribution is 5.31. The molecule has 20 heavy (non-hydrogen) atoms. The molecule has 1 aliphatic carbocycles. The van der Waals surface area contributed by atoms with Crippen LogP contribution < -0.4 is 10.5 Å². The average molecular weight is 275 g/mol. The molecule has 0 aliphatic heterocycles. The summed E-state index contributed by atoms with van der Waals surface area (Å²) in [6, 6.07) is 8.70. The molecule has 1 saturated carbocycles. The first-order valence-corrected chi connectivity index (χ1v) is 7.99. The fourth-order valence-corrected chi connectivity index (χ4v) is 2.83. The van der Waals surface area contributed by atoms with Gasteiger partial charge < -0.3 is 10.5 Å². The lowest BCUT2D eigenvalue weighted by molar-refractivity contribution is 0.145. The molecule has 0 spiro atoms. The van der Waals surface area contributed by atoms with Gasteiger partial charge >= 0.3 is 0 Å². The molecule has 2 N–H and O–H groups in total. The Morgan fingerprint density at radius 3 is 2.15 bits per heavy atom. The van der Waals surface area contributed by atoms with E-state index in [1.807, 2.05) is 0 Å². The van der Waals surface area contributed by atoms with Gasteiger partial charge in [-0.1, -0.05) is 52.2 Å². The topological polar surface area (TPSA) is 35.2 Å². The van der Waals surface area contributed by atoms with Crippen molar-refractivity contribution in [2.75, 3.05) is 0 Å². The van der Waals surface area contributed by atoms with Crippen LogP contribution in [0.2, 0.25) is 0 Å². The largest absolute Gasteiger partial charge is 0.489 e. The second-order valence-electron chi connectivity index (χ2n) is 7.09. The molecule has 1 fully saturated rings. The molecule has 0 aromatic heterocycles. The van der Waals surface area contributed by atoms with Gasteiger partial charge in [-0.05, 0) is 42.4 Å². The Morgan fingerprint density at radius 1 is 0.950 bits per heavy atom. The number of benzene rings is 1. The first-order valence-electron chi connectivity index (χ1n) is 7.99. The molecule has 2 nitrogen and oxygen atoms in total. The Balaban J connectivity index is 2.01. The molecule has 112 valence electrons. The maximum atomic E-state index is 6.27. The summed E-state index contributed by atoms with van der Waals surface area (Å²) in [5.41, 5.74) is 7.80. The van der Waals surface area contributed by atoms with Crippen LogP contribution in [0.1, 0.15) is 64.9 Å². The van der Waals surface area contributed by atoms with Crippen molar-refractivity contribution in [1.29, 1.82) is 0 Å². The first-order chi connectivity index (χ1) is 9.47. The maximum Gasteiger partial charge on any atom is 0.119 e. The maximum absolute atomic E-state index is 6.27. The number of hydrogen-bond donors (Lipinski definition) is 1. The van der Waals surface area contributed by atoms with Crippen LogP contribution in [0.25, 0.3) is 0 Å². The van der Waals surface area contributed by atoms with E-state index in [1.54, 1.807) is 0 Å². The Hall–Kier alpha value is -1.02. The van der Waals surface area contributed by atoms with Gasteiger partial charge in [0.25, 0.3) is 0 Å². The van der Waals surface area contributed by atoms with E-state index >= 15 is 0 Å². The summed E-state index contributed by atoms with van der Waals surface area (Å²) < 4.78 is 6.15. The van der Waals surface area contributed by atoms with Gasteiger partial charge in [-0.25, -0.2) is 0 Å². The lowest BCUT2D eigenvalue weighted by Gasteiger charge is -2.27. The van der Waals surface area contributed by atoms with Gasteiger partial charge in [0.1, 0.15) is 11.9 Å². The molecule has 1 aliphatic rings. The molecule has 0 saturated heterocycles. The molecule has 1 aromatic rings. The van der Waals surface area contributed by atoms with E-state index in [-0.39, 0.29) is 17.6 Å². The average Bonchev–Trinajstić information content (AvgIpc) is 2.38. The zero-order valence-electron chi connectivity index (χ0n) is 13.2. The minimum Gasteiger partial charge on any atom is -0.489 e. The van der Waals surface area contributed by atoms with E-state index in [1.165, 1.54) is 31.2 Å². The van der Waals surface area contributed by atoms with Crippen molar-refractivity contribution in [1.82, 2.24) is 0 Å². The van der Waals surface area contributed by atoms with Crippen LogP contribution in [0, 0.1) is 0 Å². The van der Waals surface area contributed by atoms with E-state index in [9.17, 15) is 0 Å². The predicted molar refractivity (Wildman–Crippen MR) is 85.2 cm³/mol. The van der Waals surface area contributed by atoms with Crippen molar-refractivity contribution < 1.29 is 4.74 Å². The fraction of sp³-hybridized carbons (Fsp3) is 0.667. The number of hydrogen-bond acceptors (Lipinski definition) is 2. The van der Waals surface area contributed by atoms with Crippen LogP contribution in [0.3, 0.4) is 0 Å². The van der Waals surface area contributed by atoms with E-state index in [4.69, 9.17) is 10.5 Å². The third-order valence-corrected chi connectivity index (χ3v) is 4.26. The summed E-state index contributed by atoms with van der Waals surface area (Å²) in [5.74, 6) is 0.957. The number of ether oxygens (including phenoxy) is 1. The third kappa shape index (κ3) is 4.24. The van der Waals surface area contributed by atoms with Crippen molar-refractivity contribution in [3.05, 3.63) is 29.8 Å². The SMILES string of the molecule is CC(C)(C)c1ccc(OC2CCCCCCC2N)cc1. The van der Waals surface area contributed by atoms with Crippen molar-refractivity contribution in [3.63, 3.8) is 0 Å². The monoisotopic (exact) mass is 275 g/mol. The first kappa shape index (κ1) is 15.4. The van der Waals surface area contributed by atoms with Crippen LogP contribution in [-0.2, 0) is 5.41 Å². The van der Waals surface area contributed by atoms with Gasteiger partial charge in [0.05, 0.1) is 0 Å². The lowest BCUT2D eigenvalue weighted by Crippen LogP contribution is -2.39. The predicted octanol–water partition coefficient (Wildman–Crippen LogP) is 4.41. The minimum atomic E-state index is 0.177. The minimum absolute atomic E-state index is 0.177. The summed E-state index contributed by atoms with van der Waals surface area (Å²) >= 11 is 0. The molecule has 2 unspecified atom stereocenters. The lowest BCUT2D eigenvalue weighted by atomic mass is 9.87. The van der Waals surface area contributed by atoms with Gasteiger partial charge in [0, 0.05) is 6.04 Å². The quantitative estimate of drug-likeness (QED) is 0.867. The zero-order chi connectivity index (χ0) is 14.6. The molecule has 0 bridgehead atoms. The van der Waals surface area contributed by atoms with Crippen LogP contribution in [-0.4, -0.2) is 12.1 Å². The third-order valence-electron chi connectivity index (χ3n) is 4.26. The molecular weight excluding hydrogens is 246 g/mol. The summed E-state index contributed by atoms with van der Waals surface area (Å²) in [4.78, 5) is 0. The van der Waals surface area contributed by atoms with Crippen molar-refractivity contribution >= 4 is 0 Å². The molecule has 0 amide bonds. The highest BCUT2D eigenvalue weighted by Gasteiger charge is 2.21. The second kappa shape index (κ2) is 6.62. The summed E-state index contributed by atoms with van der Waals surface area (Å²) in [5, 5.41) is 0. The Morgan fingerprint density at radius 2 is 1.55 bits per heavy atom. The number of nitrogens with two attached hydrogens (primary N) is 1. The van der Waals surface area contributed by atoms with Crippen LogP contribution in [0.4, 0.5) is 0 Å². The molecule has 0 radical (unpaired) electrons. The van der Waals surface area contributed by atoms with Crippen LogP contribution in [0.15, 0.2) is 24.3 Å². The van der Waals surface area contributed by atoms with Crippen LogP contribution in [0.5, 0.6) is 5.75 Å².